The van der Waals surface area contributed by atoms with Crippen molar-refractivity contribution >= 4 is 23.4 Å². The molecule has 1 aromatic rings. The lowest BCUT2D eigenvalue weighted by Crippen LogP contribution is -2.49. The Kier molecular flexibility index (Phi) is 6.57. The van der Waals surface area contributed by atoms with Crippen LogP contribution in [0.2, 0.25) is 5.02 Å². The molecule has 2 amide bonds. The zero-order valence-corrected chi connectivity index (χ0v) is 16.4. The standard InChI is InChI=1S/C21H23ClN4O2/c1-2-18-7-8-19(13-23)26(18)20(27)14-24-17-9-11-25(12-10-17)21(28)15-3-5-16(22)6-4-15/h1,3-6,17-19,24H,7-12,14H2. The van der Waals surface area contributed by atoms with Gasteiger partial charge >= 0.3 is 0 Å². The normalized spacial score (nSPS) is 22.5. The summed E-state index contributed by atoms with van der Waals surface area (Å²) in [7, 11) is 0. The molecule has 6 nitrogen and oxygen atoms in total. The van der Waals surface area contributed by atoms with Crippen LogP contribution in [0.5, 0.6) is 0 Å². The molecule has 1 aromatic carbocycles. The summed E-state index contributed by atoms with van der Waals surface area (Å²) in [5.41, 5.74) is 0.628. The summed E-state index contributed by atoms with van der Waals surface area (Å²) < 4.78 is 0. The number of hydrogen-bond acceptors (Lipinski definition) is 4. The van der Waals surface area contributed by atoms with Gasteiger partial charge in [0, 0.05) is 29.7 Å². The number of hydrogen-bond donors (Lipinski definition) is 1. The number of rotatable bonds is 4. The quantitative estimate of drug-likeness (QED) is 0.787. The summed E-state index contributed by atoms with van der Waals surface area (Å²) in [5.74, 6) is 2.47. The van der Waals surface area contributed by atoms with Gasteiger partial charge in [0.25, 0.3) is 5.91 Å². The maximum atomic E-state index is 12.6. The maximum absolute atomic E-state index is 12.6. The third-order valence-corrected chi connectivity index (χ3v) is 5.68. The van der Waals surface area contributed by atoms with Gasteiger partial charge < -0.3 is 15.1 Å². The van der Waals surface area contributed by atoms with Crippen molar-refractivity contribution in [1.29, 1.82) is 5.26 Å². The Labute approximate surface area is 170 Å². The molecule has 0 bridgehead atoms. The van der Waals surface area contributed by atoms with Crippen molar-refractivity contribution in [1.82, 2.24) is 15.1 Å². The molecule has 3 rings (SSSR count). The monoisotopic (exact) mass is 398 g/mol. The first-order valence-corrected chi connectivity index (χ1v) is 9.86. The van der Waals surface area contributed by atoms with E-state index < -0.39 is 6.04 Å². The fourth-order valence-corrected chi connectivity index (χ4v) is 3.96. The first-order valence-electron chi connectivity index (χ1n) is 9.48. The van der Waals surface area contributed by atoms with Crippen molar-refractivity contribution in [2.24, 2.45) is 0 Å². The number of nitrogens with zero attached hydrogens (tertiary/aromatic N) is 3. The van der Waals surface area contributed by atoms with Crippen molar-refractivity contribution in [3.8, 4) is 18.4 Å². The molecule has 2 aliphatic heterocycles. The van der Waals surface area contributed by atoms with Crippen molar-refractivity contribution in [2.45, 2.75) is 43.8 Å². The van der Waals surface area contributed by atoms with E-state index in [2.05, 4.69) is 17.3 Å². The van der Waals surface area contributed by atoms with Gasteiger partial charge in [-0.2, -0.15) is 5.26 Å². The molecule has 2 heterocycles. The van der Waals surface area contributed by atoms with Crippen LogP contribution in [-0.2, 0) is 4.79 Å². The van der Waals surface area contributed by atoms with E-state index in [1.807, 2.05) is 4.90 Å². The average molecular weight is 399 g/mol. The third kappa shape index (κ3) is 4.47. The highest BCUT2D eigenvalue weighted by atomic mass is 35.5. The van der Waals surface area contributed by atoms with E-state index in [1.165, 1.54) is 4.90 Å². The number of carbonyl (C=O) groups is 2. The number of nitrogens with one attached hydrogen (secondary N) is 1. The van der Waals surface area contributed by atoms with Crippen LogP contribution in [0.1, 0.15) is 36.0 Å². The molecule has 28 heavy (non-hydrogen) atoms. The number of carbonyl (C=O) groups excluding carboxylic acids is 2. The van der Waals surface area contributed by atoms with Gasteiger partial charge in [0.2, 0.25) is 5.91 Å². The lowest BCUT2D eigenvalue weighted by molar-refractivity contribution is -0.131. The van der Waals surface area contributed by atoms with Gasteiger partial charge in [-0.1, -0.05) is 17.5 Å². The number of benzene rings is 1. The predicted molar refractivity (Wildman–Crippen MR) is 106 cm³/mol. The second-order valence-corrected chi connectivity index (χ2v) is 7.60. The summed E-state index contributed by atoms with van der Waals surface area (Å²) in [4.78, 5) is 28.5. The van der Waals surface area contributed by atoms with Crippen LogP contribution < -0.4 is 5.32 Å². The summed E-state index contributed by atoms with van der Waals surface area (Å²) >= 11 is 5.87. The van der Waals surface area contributed by atoms with Crippen LogP contribution in [-0.4, -0.2) is 59.4 Å². The molecular formula is C21H23ClN4O2. The number of terminal acetylenes is 1. The first-order chi connectivity index (χ1) is 13.5. The van der Waals surface area contributed by atoms with Crippen LogP contribution in [0.4, 0.5) is 0 Å². The van der Waals surface area contributed by atoms with Gasteiger partial charge in [0.05, 0.1) is 18.7 Å². The Balaban J connectivity index is 1.47. The van der Waals surface area contributed by atoms with Gasteiger partial charge in [-0.3, -0.25) is 9.59 Å². The van der Waals surface area contributed by atoms with Crippen LogP contribution in [0, 0.1) is 23.7 Å². The summed E-state index contributed by atoms with van der Waals surface area (Å²) in [6.07, 6.45) is 8.34. The summed E-state index contributed by atoms with van der Waals surface area (Å²) in [5, 5.41) is 13.1. The van der Waals surface area contributed by atoms with Gasteiger partial charge in [-0.25, -0.2) is 0 Å². The molecular weight excluding hydrogens is 376 g/mol. The molecule has 0 saturated carbocycles. The van der Waals surface area contributed by atoms with Gasteiger partial charge in [0.15, 0.2) is 0 Å². The molecule has 2 unspecified atom stereocenters. The third-order valence-electron chi connectivity index (χ3n) is 5.43. The van der Waals surface area contributed by atoms with Gasteiger partial charge in [-0.05, 0) is 49.9 Å². The Morgan fingerprint density at radius 1 is 1.14 bits per heavy atom. The zero-order chi connectivity index (χ0) is 20.1. The van der Waals surface area contributed by atoms with Crippen LogP contribution in [0.15, 0.2) is 24.3 Å². The second kappa shape index (κ2) is 9.10. The molecule has 2 atom stereocenters. The zero-order valence-electron chi connectivity index (χ0n) is 15.6. The second-order valence-electron chi connectivity index (χ2n) is 7.16. The fourth-order valence-electron chi connectivity index (χ4n) is 3.83. The lowest BCUT2D eigenvalue weighted by atomic mass is 10.0. The molecule has 2 saturated heterocycles. The number of amides is 2. The molecule has 0 spiro atoms. The summed E-state index contributed by atoms with van der Waals surface area (Å²) in [6.45, 7) is 1.42. The van der Waals surface area contributed by atoms with Crippen LogP contribution in [0.3, 0.4) is 0 Å². The minimum absolute atomic E-state index is 0.00279. The number of nitriles is 1. The van der Waals surface area contributed by atoms with Crippen molar-refractivity contribution < 1.29 is 9.59 Å². The minimum atomic E-state index is -0.436. The van der Waals surface area contributed by atoms with E-state index in [4.69, 9.17) is 18.0 Å². The lowest BCUT2D eigenvalue weighted by Gasteiger charge is -2.33. The minimum Gasteiger partial charge on any atom is -0.339 e. The van der Waals surface area contributed by atoms with Crippen molar-refractivity contribution in [3.05, 3.63) is 34.9 Å². The number of halogens is 1. The molecule has 1 N–H and O–H groups in total. The highest BCUT2D eigenvalue weighted by Crippen LogP contribution is 2.23. The smallest absolute Gasteiger partial charge is 0.253 e. The van der Waals surface area contributed by atoms with Crippen molar-refractivity contribution in [3.63, 3.8) is 0 Å². The molecule has 7 heteroatoms. The number of piperidine rings is 1. The first kappa shape index (κ1) is 20.2. The molecule has 0 radical (unpaired) electrons. The Morgan fingerprint density at radius 3 is 2.39 bits per heavy atom. The fraction of sp³-hybridized carbons (Fsp3) is 0.476. The average Bonchev–Trinajstić information content (AvgIpc) is 3.16. The highest BCUT2D eigenvalue weighted by molar-refractivity contribution is 6.30. The van der Waals surface area contributed by atoms with E-state index in [0.29, 0.717) is 36.5 Å². The largest absolute Gasteiger partial charge is 0.339 e. The molecule has 2 fully saturated rings. The van der Waals surface area contributed by atoms with E-state index in [9.17, 15) is 14.9 Å². The van der Waals surface area contributed by atoms with Crippen LogP contribution >= 0.6 is 11.6 Å². The SMILES string of the molecule is C#CC1CCC(C#N)N1C(=O)CNC1CCN(C(=O)c2ccc(Cl)cc2)CC1. The van der Waals surface area contributed by atoms with Crippen molar-refractivity contribution in [2.75, 3.05) is 19.6 Å². The number of likely N-dealkylation sites (tertiary alicyclic amines) is 2. The Bertz CT molecular complexity index is 781. The maximum Gasteiger partial charge on any atom is 0.253 e. The van der Waals surface area contributed by atoms with E-state index in [0.717, 1.165) is 12.8 Å². The van der Waals surface area contributed by atoms with E-state index in [1.54, 1.807) is 24.3 Å². The molecule has 0 aromatic heterocycles. The van der Waals surface area contributed by atoms with Gasteiger partial charge in [-0.15, -0.1) is 6.42 Å². The Morgan fingerprint density at radius 2 is 1.79 bits per heavy atom. The predicted octanol–water partition coefficient (Wildman–Crippen LogP) is 2.05. The van der Waals surface area contributed by atoms with E-state index >= 15 is 0 Å². The Hall–Kier alpha value is -2.54. The topological polar surface area (TPSA) is 76.4 Å². The van der Waals surface area contributed by atoms with Crippen LogP contribution in [0.25, 0.3) is 0 Å². The molecule has 146 valence electrons. The van der Waals surface area contributed by atoms with Gasteiger partial charge in [0.1, 0.15) is 6.04 Å². The highest BCUT2D eigenvalue weighted by Gasteiger charge is 2.36. The molecule has 0 aliphatic carbocycles. The molecule has 2 aliphatic rings. The summed E-state index contributed by atoms with van der Waals surface area (Å²) in [6, 6.07) is 8.49. The van der Waals surface area contributed by atoms with E-state index in [-0.39, 0.29) is 30.4 Å².